The first-order valence-electron chi connectivity index (χ1n) is 7.06. The molecule has 2 aromatic carbocycles. The summed E-state index contributed by atoms with van der Waals surface area (Å²) in [6.07, 6.45) is 1.30. The maximum Gasteiger partial charge on any atom is 0.269 e. The number of hydrazine groups is 1. The van der Waals surface area contributed by atoms with Crippen molar-refractivity contribution in [3.63, 3.8) is 0 Å². The molecule has 0 aliphatic carbocycles. The number of carbonyl (C=O) groups excluding carboxylic acids is 2. The van der Waals surface area contributed by atoms with Gasteiger partial charge in [-0.15, -0.1) is 0 Å². The summed E-state index contributed by atoms with van der Waals surface area (Å²) in [5.74, 6) is -0.600. The molecule has 0 saturated heterocycles. The third kappa shape index (κ3) is 4.51. The molecule has 0 heterocycles. The molecule has 0 bridgehead atoms. The quantitative estimate of drug-likeness (QED) is 0.482. The van der Waals surface area contributed by atoms with E-state index in [1.807, 2.05) is 0 Å². The predicted molar refractivity (Wildman–Crippen MR) is 88.8 cm³/mol. The van der Waals surface area contributed by atoms with Gasteiger partial charge in [0.15, 0.2) is 5.78 Å². The van der Waals surface area contributed by atoms with Crippen molar-refractivity contribution in [2.45, 2.75) is 6.92 Å². The summed E-state index contributed by atoms with van der Waals surface area (Å²) < 4.78 is 0. The second kappa shape index (κ2) is 7.68. The van der Waals surface area contributed by atoms with E-state index in [1.54, 1.807) is 30.3 Å². The Hall–Kier alpha value is -3.48. The zero-order valence-electron chi connectivity index (χ0n) is 12.9. The predicted octanol–water partition coefficient (Wildman–Crippen LogP) is 2.46. The first-order chi connectivity index (χ1) is 11.5. The molecule has 0 fully saturated rings. The highest BCUT2D eigenvalue weighted by Gasteiger charge is 2.09. The largest absolute Gasteiger partial charge is 0.298 e. The van der Waals surface area contributed by atoms with E-state index in [2.05, 4.69) is 10.9 Å². The lowest BCUT2D eigenvalue weighted by Crippen LogP contribution is -2.36. The van der Waals surface area contributed by atoms with Crippen LogP contribution in [-0.2, 0) is 4.79 Å². The fourth-order valence-corrected chi connectivity index (χ4v) is 1.94. The molecule has 0 radical (unpaired) electrons. The van der Waals surface area contributed by atoms with Gasteiger partial charge < -0.3 is 0 Å². The van der Waals surface area contributed by atoms with Gasteiger partial charge in [-0.1, -0.05) is 18.2 Å². The number of amides is 1. The van der Waals surface area contributed by atoms with Gasteiger partial charge in [-0.05, 0) is 31.2 Å². The lowest BCUT2D eigenvalue weighted by atomic mass is 10.1. The van der Waals surface area contributed by atoms with Gasteiger partial charge in [0, 0.05) is 29.3 Å². The Labute approximate surface area is 138 Å². The maximum absolute atomic E-state index is 12.0. The first kappa shape index (κ1) is 16.9. The second-order valence-corrected chi connectivity index (χ2v) is 4.92. The summed E-state index contributed by atoms with van der Waals surface area (Å²) in [6.45, 7) is 1.37. The van der Waals surface area contributed by atoms with Crippen LogP contribution >= 0.6 is 0 Å². The fourth-order valence-electron chi connectivity index (χ4n) is 1.94. The van der Waals surface area contributed by atoms with Crippen molar-refractivity contribution >= 4 is 23.1 Å². The molecule has 1 amide bonds. The molecular formula is C17H15N3O4. The van der Waals surface area contributed by atoms with Crippen molar-refractivity contribution < 1.29 is 14.5 Å². The number of ketones is 1. The Bertz CT molecular complexity index is 783. The third-order valence-corrected chi connectivity index (χ3v) is 3.08. The molecule has 0 unspecified atom stereocenters. The van der Waals surface area contributed by atoms with E-state index in [-0.39, 0.29) is 17.4 Å². The summed E-state index contributed by atoms with van der Waals surface area (Å²) in [5.41, 5.74) is 6.44. The number of rotatable bonds is 6. The van der Waals surface area contributed by atoms with Gasteiger partial charge in [-0.25, -0.2) is 0 Å². The molecule has 7 nitrogen and oxygen atoms in total. The van der Waals surface area contributed by atoms with E-state index in [4.69, 9.17) is 0 Å². The molecule has 0 atom stereocenters. The average Bonchev–Trinajstić information content (AvgIpc) is 2.59. The Kier molecular flexibility index (Phi) is 5.40. The van der Waals surface area contributed by atoms with E-state index in [9.17, 15) is 19.7 Å². The van der Waals surface area contributed by atoms with Gasteiger partial charge >= 0.3 is 0 Å². The van der Waals surface area contributed by atoms with Gasteiger partial charge in [0.05, 0.1) is 10.6 Å². The van der Waals surface area contributed by atoms with Crippen LogP contribution in [0.5, 0.6) is 0 Å². The molecule has 0 aliphatic rings. The molecule has 2 aromatic rings. The molecule has 2 N–H and O–H groups in total. The molecule has 7 heteroatoms. The Morgan fingerprint density at radius 3 is 2.12 bits per heavy atom. The number of nitro benzene ring substituents is 1. The maximum atomic E-state index is 12.0. The smallest absolute Gasteiger partial charge is 0.269 e. The Morgan fingerprint density at radius 2 is 1.58 bits per heavy atom. The molecule has 24 heavy (non-hydrogen) atoms. The summed E-state index contributed by atoms with van der Waals surface area (Å²) >= 11 is 0. The number of non-ortho nitro benzene ring substituents is 1. The van der Waals surface area contributed by atoms with Gasteiger partial charge in [0.2, 0.25) is 0 Å². The third-order valence-electron chi connectivity index (χ3n) is 3.08. The van der Waals surface area contributed by atoms with Crippen LogP contribution in [0.3, 0.4) is 0 Å². The van der Waals surface area contributed by atoms with Crippen molar-refractivity contribution in [2.75, 3.05) is 0 Å². The topological polar surface area (TPSA) is 101 Å². The molecule has 0 aliphatic heterocycles. The molecule has 122 valence electrons. The molecule has 0 saturated carbocycles. The molecular weight excluding hydrogens is 310 g/mol. The van der Waals surface area contributed by atoms with Crippen molar-refractivity contribution in [3.8, 4) is 0 Å². The van der Waals surface area contributed by atoms with Crippen molar-refractivity contribution in [1.29, 1.82) is 0 Å². The minimum absolute atomic E-state index is 0.0609. The van der Waals surface area contributed by atoms with Crippen LogP contribution in [0.25, 0.3) is 5.70 Å². The van der Waals surface area contributed by atoms with Gasteiger partial charge in [-0.2, -0.15) is 0 Å². The highest BCUT2D eigenvalue weighted by atomic mass is 16.6. The van der Waals surface area contributed by atoms with Crippen LogP contribution in [-0.4, -0.2) is 16.6 Å². The number of carbonyl (C=O) groups is 2. The molecule has 0 aromatic heterocycles. The van der Waals surface area contributed by atoms with E-state index in [1.165, 1.54) is 37.3 Å². The van der Waals surface area contributed by atoms with E-state index in [0.717, 1.165) is 0 Å². The average molecular weight is 325 g/mol. The van der Waals surface area contributed by atoms with Crippen LogP contribution in [0.15, 0.2) is 60.7 Å². The zero-order valence-corrected chi connectivity index (χ0v) is 12.9. The number of hydrogen-bond acceptors (Lipinski definition) is 5. The minimum Gasteiger partial charge on any atom is -0.298 e. The standard InChI is InChI=1S/C17H15N3O4/c1-12(21)11-16(13-7-9-15(10-8-13)20(23)24)18-19-17(22)14-5-3-2-4-6-14/h2-11,18H,1H3,(H,19,22)/b16-11+. The lowest BCUT2D eigenvalue weighted by molar-refractivity contribution is -0.384. The highest BCUT2D eigenvalue weighted by molar-refractivity contribution is 5.97. The van der Waals surface area contributed by atoms with Crippen LogP contribution in [0.4, 0.5) is 5.69 Å². The number of nitrogens with one attached hydrogen (secondary N) is 2. The number of benzene rings is 2. The molecule has 0 spiro atoms. The van der Waals surface area contributed by atoms with Gasteiger partial charge in [-0.3, -0.25) is 30.6 Å². The first-order valence-corrected chi connectivity index (χ1v) is 7.06. The van der Waals surface area contributed by atoms with Crippen molar-refractivity contribution in [1.82, 2.24) is 10.9 Å². The number of nitrogens with zero attached hydrogens (tertiary/aromatic N) is 1. The van der Waals surface area contributed by atoms with Gasteiger partial charge in [0.25, 0.3) is 11.6 Å². The normalized spacial score (nSPS) is 10.8. The summed E-state index contributed by atoms with van der Waals surface area (Å²) in [6, 6.07) is 14.2. The molecule has 2 rings (SSSR count). The summed E-state index contributed by atoms with van der Waals surface area (Å²) in [4.78, 5) is 33.6. The number of allylic oxidation sites excluding steroid dienone is 1. The van der Waals surface area contributed by atoms with Gasteiger partial charge in [0.1, 0.15) is 0 Å². The monoisotopic (exact) mass is 325 g/mol. The number of nitro groups is 1. The SMILES string of the molecule is CC(=O)/C=C(/NNC(=O)c1ccccc1)c1ccc([N+](=O)[O-])cc1. The van der Waals surface area contributed by atoms with Crippen LogP contribution in [0, 0.1) is 10.1 Å². The second-order valence-electron chi connectivity index (χ2n) is 4.92. The Balaban J connectivity index is 2.16. The van der Waals surface area contributed by atoms with E-state index >= 15 is 0 Å². The minimum atomic E-state index is -0.511. The Morgan fingerprint density at radius 1 is 0.958 bits per heavy atom. The fraction of sp³-hybridized carbons (Fsp3) is 0.0588. The lowest BCUT2D eigenvalue weighted by Gasteiger charge is -2.12. The van der Waals surface area contributed by atoms with Crippen LogP contribution < -0.4 is 10.9 Å². The van der Waals surface area contributed by atoms with Crippen molar-refractivity contribution in [2.24, 2.45) is 0 Å². The van der Waals surface area contributed by atoms with E-state index < -0.39 is 4.92 Å². The van der Waals surface area contributed by atoms with Crippen molar-refractivity contribution in [3.05, 3.63) is 81.9 Å². The van der Waals surface area contributed by atoms with E-state index in [0.29, 0.717) is 16.8 Å². The summed E-state index contributed by atoms with van der Waals surface area (Å²) in [5, 5.41) is 10.7. The zero-order chi connectivity index (χ0) is 17.5. The summed E-state index contributed by atoms with van der Waals surface area (Å²) in [7, 11) is 0. The van der Waals surface area contributed by atoms with Crippen LogP contribution in [0.1, 0.15) is 22.8 Å². The number of hydrogen-bond donors (Lipinski definition) is 2. The highest BCUT2D eigenvalue weighted by Crippen LogP contribution is 2.17. The van der Waals surface area contributed by atoms with Crippen LogP contribution in [0.2, 0.25) is 0 Å².